The smallest absolute Gasteiger partial charge is 0.0632 e. The molecule has 2 nitrogen and oxygen atoms in total. The lowest BCUT2D eigenvalue weighted by molar-refractivity contribution is 1.03. The molecule has 1 aromatic heterocycles. The predicted molar refractivity (Wildman–Crippen MR) is 54.1 cm³/mol. The molecule has 0 amide bonds. The number of hydrogen-bond donors (Lipinski definition) is 1. The normalized spacial score (nSPS) is 8.67. The van der Waals surface area contributed by atoms with E-state index in [1.165, 1.54) is 0 Å². The Morgan fingerprint density at radius 3 is 2.42 bits per heavy atom. The van der Waals surface area contributed by atoms with Crippen molar-refractivity contribution >= 4 is 5.69 Å². The van der Waals surface area contributed by atoms with Crippen LogP contribution in [-0.2, 0) is 6.42 Å². The molecule has 2 N–H and O–H groups in total. The predicted octanol–water partition coefficient (Wildman–Crippen LogP) is 2.56. The molecule has 0 radical (unpaired) electrons. The van der Waals surface area contributed by atoms with E-state index in [9.17, 15) is 0 Å². The van der Waals surface area contributed by atoms with Crippen LogP contribution in [0.3, 0.4) is 0 Å². The SMILES string of the molecule is CC.CCc1nccc(C)c1N. The fourth-order valence-electron chi connectivity index (χ4n) is 0.908. The van der Waals surface area contributed by atoms with Crippen LogP contribution < -0.4 is 5.73 Å². The third kappa shape index (κ3) is 2.53. The molecule has 0 saturated heterocycles. The average molecular weight is 166 g/mol. The zero-order chi connectivity index (χ0) is 9.56. The molecule has 1 aromatic rings. The maximum atomic E-state index is 5.73. The number of hydrogen-bond acceptors (Lipinski definition) is 2. The Hall–Kier alpha value is -1.05. The first-order valence-electron chi connectivity index (χ1n) is 4.45. The van der Waals surface area contributed by atoms with Gasteiger partial charge in [0.1, 0.15) is 0 Å². The highest BCUT2D eigenvalue weighted by Crippen LogP contribution is 2.13. The van der Waals surface area contributed by atoms with Crippen LogP contribution in [-0.4, -0.2) is 4.98 Å². The van der Waals surface area contributed by atoms with Gasteiger partial charge in [0.25, 0.3) is 0 Å². The molecule has 0 saturated carbocycles. The lowest BCUT2D eigenvalue weighted by atomic mass is 10.2. The fourth-order valence-corrected chi connectivity index (χ4v) is 0.908. The average Bonchev–Trinajstić information content (AvgIpc) is 2.13. The van der Waals surface area contributed by atoms with E-state index in [2.05, 4.69) is 11.9 Å². The number of nitrogens with zero attached hydrogens (tertiary/aromatic N) is 1. The zero-order valence-corrected chi connectivity index (χ0v) is 8.39. The number of nitrogens with two attached hydrogens (primary N) is 1. The standard InChI is InChI=1S/C8H12N2.C2H6/c1-3-7-8(9)6(2)4-5-10-7;1-2/h4-5H,3,9H2,1-2H3;1-2H3. The van der Waals surface area contributed by atoms with Crippen LogP contribution in [0.2, 0.25) is 0 Å². The van der Waals surface area contributed by atoms with Gasteiger partial charge in [-0.15, -0.1) is 0 Å². The Kier molecular flexibility index (Phi) is 5.09. The van der Waals surface area contributed by atoms with E-state index in [-0.39, 0.29) is 0 Å². The number of rotatable bonds is 1. The summed E-state index contributed by atoms with van der Waals surface area (Å²) < 4.78 is 0. The largest absolute Gasteiger partial charge is 0.397 e. The summed E-state index contributed by atoms with van der Waals surface area (Å²) in [6.45, 7) is 8.05. The van der Waals surface area contributed by atoms with Gasteiger partial charge in [-0.1, -0.05) is 20.8 Å². The van der Waals surface area contributed by atoms with Gasteiger partial charge < -0.3 is 5.73 Å². The van der Waals surface area contributed by atoms with Gasteiger partial charge in [0.15, 0.2) is 0 Å². The summed E-state index contributed by atoms with van der Waals surface area (Å²) in [5.41, 5.74) is 8.69. The minimum atomic E-state index is 0.838. The fraction of sp³-hybridized carbons (Fsp3) is 0.500. The maximum absolute atomic E-state index is 5.73. The number of nitrogen functional groups attached to an aromatic ring is 1. The second-order valence-electron chi connectivity index (χ2n) is 2.34. The van der Waals surface area contributed by atoms with Crippen LogP contribution in [0, 0.1) is 6.92 Å². The maximum Gasteiger partial charge on any atom is 0.0632 e. The highest BCUT2D eigenvalue weighted by molar-refractivity contribution is 5.49. The highest BCUT2D eigenvalue weighted by Gasteiger charge is 1.98. The molecule has 0 atom stereocenters. The summed E-state index contributed by atoms with van der Waals surface area (Å²) in [7, 11) is 0. The van der Waals surface area contributed by atoms with E-state index in [0.29, 0.717) is 0 Å². The molecule has 0 aromatic carbocycles. The van der Waals surface area contributed by atoms with E-state index in [1.807, 2.05) is 26.8 Å². The molecular formula is C10H18N2. The quantitative estimate of drug-likeness (QED) is 0.696. The molecule has 0 unspecified atom stereocenters. The Bertz CT molecular complexity index is 231. The van der Waals surface area contributed by atoms with Crippen molar-refractivity contribution in [1.82, 2.24) is 4.98 Å². The van der Waals surface area contributed by atoms with Gasteiger partial charge in [-0.2, -0.15) is 0 Å². The van der Waals surface area contributed by atoms with Crippen molar-refractivity contribution in [1.29, 1.82) is 0 Å². The summed E-state index contributed by atoms with van der Waals surface area (Å²) in [5, 5.41) is 0. The van der Waals surface area contributed by atoms with Crippen LogP contribution in [0.15, 0.2) is 12.3 Å². The summed E-state index contributed by atoms with van der Waals surface area (Å²) in [6, 6.07) is 1.93. The first kappa shape index (κ1) is 11.0. The van der Waals surface area contributed by atoms with E-state index in [1.54, 1.807) is 6.20 Å². The van der Waals surface area contributed by atoms with Crippen LogP contribution in [0.1, 0.15) is 32.0 Å². The minimum Gasteiger partial charge on any atom is -0.397 e. The Morgan fingerprint density at radius 1 is 1.42 bits per heavy atom. The van der Waals surface area contributed by atoms with E-state index in [4.69, 9.17) is 5.73 Å². The van der Waals surface area contributed by atoms with Gasteiger partial charge in [-0.25, -0.2) is 0 Å². The minimum absolute atomic E-state index is 0.838. The van der Waals surface area contributed by atoms with Gasteiger partial charge >= 0.3 is 0 Å². The second-order valence-corrected chi connectivity index (χ2v) is 2.34. The van der Waals surface area contributed by atoms with E-state index < -0.39 is 0 Å². The molecule has 2 heteroatoms. The second kappa shape index (κ2) is 5.58. The first-order chi connectivity index (χ1) is 5.75. The summed E-state index contributed by atoms with van der Waals surface area (Å²) in [5.74, 6) is 0. The first-order valence-corrected chi connectivity index (χ1v) is 4.45. The molecular weight excluding hydrogens is 148 g/mol. The molecule has 12 heavy (non-hydrogen) atoms. The summed E-state index contributed by atoms with van der Waals surface area (Å²) in [4.78, 5) is 4.13. The van der Waals surface area contributed by atoms with Crippen molar-refractivity contribution in [3.63, 3.8) is 0 Å². The molecule has 0 bridgehead atoms. The highest BCUT2D eigenvalue weighted by atomic mass is 14.7. The summed E-state index contributed by atoms with van der Waals surface area (Å²) in [6.07, 6.45) is 2.71. The van der Waals surface area contributed by atoms with Gasteiger partial charge in [0, 0.05) is 6.20 Å². The molecule has 0 aliphatic heterocycles. The zero-order valence-electron chi connectivity index (χ0n) is 8.39. The third-order valence-electron chi connectivity index (χ3n) is 1.63. The Labute approximate surface area is 74.8 Å². The van der Waals surface area contributed by atoms with Gasteiger partial charge in [0.05, 0.1) is 11.4 Å². The van der Waals surface area contributed by atoms with Crippen LogP contribution in [0.25, 0.3) is 0 Å². The Morgan fingerprint density at radius 2 is 2.00 bits per heavy atom. The van der Waals surface area contributed by atoms with Crippen molar-refractivity contribution < 1.29 is 0 Å². The topological polar surface area (TPSA) is 38.9 Å². The number of aromatic nitrogens is 1. The van der Waals surface area contributed by atoms with Gasteiger partial charge in [-0.05, 0) is 25.0 Å². The lowest BCUT2D eigenvalue weighted by Crippen LogP contribution is -1.98. The van der Waals surface area contributed by atoms with E-state index >= 15 is 0 Å². The number of anilines is 1. The number of aryl methyl sites for hydroxylation is 2. The molecule has 0 aliphatic carbocycles. The van der Waals surface area contributed by atoms with Crippen molar-refractivity contribution in [2.75, 3.05) is 5.73 Å². The molecule has 0 fully saturated rings. The van der Waals surface area contributed by atoms with Gasteiger partial charge in [-0.3, -0.25) is 4.98 Å². The molecule has 1 heterocycles. The van der Waals surface area contributed by atoms with Crippen molar-refractivity contribution in [3.05, 3.63) is 23.5 Å². The molecule has 0 spiro atoms. The number of pyridine rings is 1. The monoisotopic (exact) mass is 166 g/mol. The van der Waals surface area contributed by atoms with Gasteiger partial charge in [0.2, 0.25) is 0 Å². The van der Waals surface area contributed by atoms with E-state index in [0.717, 1.165) is 23.4 Å². The Balaban J connectivity index is 0.000000561. The van der Waals surface area contributed by atoms with Crippen LogP contribution >= 0.6 is 0 Å². The molecule has 0 aliphatic rings. The van der Waals surface area contributed by atoms with Crippen LogP contribution in [0.5, 0.6) is 0 Å². The van der Waals surface area contributed by atoms with Crippen molar-refractivity contribution in [3.8, 4) is 0 Å². The molecule has 68 valence electrons. The third-order valence-corrected chi connectivity index (χ3v) is 1.63. The van der Waals surface area contributed by atoms with Crippen molar-refractivity contribution in [2.24, 2.45) is 0 Å². The van der Waals surface area contributed by atoms with Crippen molar-refractivity contribution in [2.45, 2.75) is 34.1 Å². The van der Waals surface area contributed by atoms with Crippen LogP contribution in [0.4, 0.5) is 5.69 Å². The lowest BCUT2D eigenvalue weighted by Gasteiger charge is -2.02. The molecule has 1 rings (SSSR count). The summed E-state index contributed by atoms with van der Waals surface area (Å²) >= 11 is 0.